The molecule has 88 valence electrons. The minimum Gasteiger partial charge on any atom is -0.326 e. The van der Waals surface area contributed by atoms with E-state index < -0.39 is 0 Å². The largest absolute Gasteiger partial charge is 0.326 e. The molecule has 0 saturated carbocycles. The van der Waals surface area contributed by atoms with E-state index in [1.54, 1.807) is 0 Å². The Labute approximate surface area is 98.1 Å². The summed E-state index contributed by atoms with van der Waals surface area (Å²) in [6, 6.07) is 9.61. The average molecular weight is 219 g/mol. The summed E-state index contributed by atoms with van der Waals surface area (Å²) in [6.07, 6.45) is 0.851. The lowest BCUT2D eigenvalue weighted by Crippen LogP contribution is -2.37. The van der Waals surface area contributed by atoms with Crippen LogP contribution in [-0.4, -0.2) is 5.91 Å². The Bertz CT molecular complexity index is 345. The Balaban J connectivity index is 2.79. The molecule has 2 heteroatoms. The summed E-state index contributed by atoms with van der Waals surface area (Å²) < 4.78 is 0. The number of nitrogens with one attached hydrogen (secondary N) is 1. The van der Waals surface area contributed by atoms with Crippen LogP contribution < -0.4 is 5.32 Å². The highest BCUT2D eigenvalue weighted by Gasteiger charge is 2.34. The molecule has 0 saturated heterocycles. The molecule has 0 aliphatic rings. The minimum atomic E-state index is -0.296. The van der Waals surface area contributed by atoms with Gasteiger partial charge in [0.15, 0.2) is 0 Å². The Morgan fingerprint density at radius 3 is 2.31 bits per heavy atom. The molecule has 2 nitrogen and oxygen atoms in total. The van der Waals surface area contributed by atoms with Gasteiger partial charge in [0.25, 0.3) is 0 Å². The number of hydrogen-bond acceptors (Lipinski definition) is 1. The van der Waals surface area contributed by atoms with Crippen molar-refractivity contribution in [3.05, 3.63) is 30.3 Å². The van der Waals surface area contributed by atoms with Crippen LogP contribution in [0.25, 0.3) is 0 Å². The quantitative estimate of drug-likeness (QED) is 0.822. The zero-order chi connectivity index (χ0) is 12.2. The Morgan fingerprint density at radius 2 is 1.88 bits per heavy atom. The van der Waals surface area contributed by atoms with E-state index in [1.807, 2.05) is 37.3 Å². The maximum Gasteiger partial charge on any atom is 0.230 e. The highest BCUT2D eigenvalue weighted by Crippen LogP contribution is 2.32. The lowest BCUT2D eigenvalue weighted by Gasteiger charge is -2.31. The van der Waals surface area contributed by atoms with Crippen molar-refractivity contribution < 1.29 is 4.79 Å². The van der Waals surface area contributed by atoms with Crippen molar-refractivity contribution in [1.82, 2.24) is 0 Å². The van der Waals surface area contributed by atoms with Crippen LogP contribution in [-0.2, 0) is 4.79 Å². The smallest absolute Gasteiger partial charge is 0.230 e. The van der Waals surface area contributed by atoms with Gasteiger partial charge in [-0.2, -0.15) is 0 Å². The normalized spacial score (nSPS) is 14.6. The topological polar surface area (TPSA) is 29.1 Å². The molecule has 1 aromatic rings. The average Bonchev–Trinajstić information content (AvgIpc) is 2.28. The van der Waals surface area contributed by atoms with Gasteiger partial charge in [-0.15, -0.1) is 0 Å². The van der Waals surface area contributed by atoms with E-state index >= 15 is 0 Å². The van der Waals surface area contributed by atoms with Crippen LogP contribution in [0.1, 0.15) is 34.1 Å². The first kappa shape index (κ1) is 12.8. The number of amides is 1. The van der Waals surface area contributed by atoms with Gasteiger partial charge in [0, 0.05) is 11.1 Å². The second-order valence-corrected chi connectivity index (χ2v) is 4.75. The fourth-order valence-corrected chi connectivity index (χ4v) is 1.63. The third-order valence-electron chi connectivity index (χ3n) is 3.56. The number of anilines is 1. The molecule has 0 heterocycles. The molecule has 1 N–H and O–H groups in total. The predicted molar refractivity (Wildman–Crippen MR) is 68.3 cm³/mol. The van der Waals surface area contributed by atoms with Gasteiger partial charge in [-0.05, 0) is 24.5 Å². The summed E-state index contributed by atoms with van der Waals surface area (Å²) in [5, 5.41) is 2.98. The second-order valence-electron chi connectivity index (χ2n) is 4.75. The lowest BCUT2D eigenvalue weighted by atomic mass is 9.76. The summed E-state index contributed by atoms with van der Waals surface area (Å²) in [5.74, 6) is 0.442. The number of carbonyl (C=O) groups excluding carboxylic acids is 1. The van der Waals surface area contributed by atoms with E-state index in [4.69, 9.17) is 0 Å². The fourth-order valence-electron chi connectivity index (χ4n) is 1.63. The van der Waals surface area contributed by atoms with E-state index in [9.17, 15) is 4.79 Å². The summed E-state index contributed by atoms with van der Waals surface area (Å²) in [7, 11) is 0. The van der Waals surface area contributed by atoms with Gasteiger partial charge < -0.3 is 5.32 Å². The fraction of sp³-hybridized carbons (Fsp3) is 0.500. The molecular weight excluding hydrogens is 198 g/mol. The third-order valence-corrected chi connectivity index (χ3v) is 3.56. The van der Waals surface area contributed by atoms with Crippen LogP contribution in [0.4, 0.5) is 5.69 Å². The van der Waals surface area contributed by atoms with E-state index in [1.165, 1.54) is 0 Å². The van der Waals surface area contributed by atoms with Crippen molar-refractivity contribution in [2.24, 2.45) is 11.3 Å². The summed E-state index contributed by atoms with van der Waals surface area (Å²) in [5.41, 5.74) is 0.573. The van der Waals surface area contributed by atoms with Gasteiger partial charge in [0.05, 0.1) is 0 Å². The molecule has 0 aliphatic heterocycles. The third kappa shape index (κ3) is 2.63. The van der Waals surface area contributed by atoms with Crippen LogP contribution in [0, 0.1) is 11.3 Å². The molecule has 1 unspecified atom stereocenters. The first-order chi connectivity index (χ1) is 7.50. The van der Waals surface area contributed by atoms with Crippen molar-refractivity contribution in [2.75, 3.05) is 5.32 Å². The number of para-hydroxylation sites is 1. The van der Waals surface area contributed by atoms with Crippen LogP contribution in [0.2, 0.25) is 0 Å². The van der Waals surface area contributed by atoms with E-state index in [0.717, 1.165) is 12.1 Å². The zero-order valence-corrected chi connectivity index (χ0v) is 10.6. The number of rotatable bonds is 4. The Kier molecular flexibility index (Phi) is 4.11. The first-order valence-electron chi connectivity index (χ1n) is 5.87. The summed E-state index contributed by atoms with van der Waals surface area (Å²) in [4.78, 5) is 12.2. The maximum absolute atomic E-state index is 12.2. The molecule has 0 aliphatic carbocycles. The van der Waals surface area contributed by atoms with E-state index in [0.29, 0.717) is 5.92 Å². The lowest BCUT2D eigenvalue weighted by molar-refractivity contribution is -0.127. The molecule has 1 aromatic carbocycles. The van der Waals surface area contributed by atoms with Crippen molar-refractivity contribution >= 4 is 11.6 Å². The second kappa shape index (κ2) is 5.15. The van der Waals surface area contributed by atoms with Gasteiger partial charge in [-0.3, -0.25) is 4.79 Å². The SMILES string of the molecule is CCC(C)(C(=O)Nc1ccccc1)C(C)C. The molecular formula is C14H21NO. The van der Waals surface area contributed by atoms with E-state index in [-0.39, 0.29) is 11.3 Å². The van der Waals surface area contributed by atoms with Gasteiger partial charge in [0.1, 0.15) is 0 Å². The predicted octanol–water partition coefficient (Wildman–Crippen LogP) is 3.70. The van der Waals surface area contributed by atoms with Gasteiger partial charge >= 0.3 is 0 Å². The summed E-state index contributed by atoms with van der Waals surface area (Å²) in [6.45, 7) is 8.27. The Morgan fingerprint density at radius 1 is 1.31 bits per heavy atom. The first-order valence-corrected chi connectivity index (χ1v) is 5.87. The monoisotopic (exact) mass is 219 g/mol. The van der Waals surface area contributed by atoms with Crippen molar-refractivity contribution in [2.45, 2.75) is 34.1 Å². The van der Waals surface area contributed by atoms with Crippen molar-refractivity contribution in [3.8, 4) is 0 Å². The highest BCUT2D eigenvalue weighted by molar-refractivity contribution is 5.95. The van der Waals surface area contributed by atoms with E-state index in [2.05, 4.69) is 26.1 Å². The number of benzene rings is 1. The zero-order valence-electron chi connectivity index (χ0n) is 10.6. The molecule has 16 heavy (non-hydrogen) atoms. The number of hydrogen-bond donors (Lipinski definition) is 1. The van der Waals surface area contributed by atoms with Crippen LogP contribution in [0.15, 0.2) is 30.3 Å². The number of carbonyl (C=O) groups is 1. The molecule has 0 aromatic heterocycles. The van der Waals surface area contributed by atoms with Crippen LogP contribution >= 0.6 is 0 Å². The van der Waals surface area contributed by atoms with Gasteiger partial charge in [-0.25, -0.2) is 0 Å². The standard InChI is InChI=1S/C14H21NO/c1-5-14(4,11(2)3)13(16)15-12-9-7-6-8-10-12/h6-11H,5H2,1-4H3,(H,15,16). The molecule has 1 rings (SSSR count). The van der Waals surface area contributed by atoms with Gasteiger partial charge in [-0.1, -0.05) is 45.9 Å². The maximum atomic E-state index is 12.2. The molecule has 1 amide bonds. The van der Waals surface area contributed by atoms with Crippen LogP contribution in [0.5, 0.6) is 0 Å². The molecule has 0 bridgehead atoms. The summed E-state index contributed by atoms with van der Waals surface area (Å²) >= 11 is 0. The molecule has 1 atom stereocenters. The van der Waals surface area contributed by atoms with Crippen molar-refractivity contribution in [3.63, 3.8) is 0 Å². The van der Waals surface area contributed by atoms with Crippen molar-refractivity contribution in [1.29, 1.82) is 0 Å². The minimum absolute atomic E-state index is 0.108. The van der Waals surface area contributed by atoms with Crippen LogP contribution in [0.3, 0.4) is 0 Å². The molecule has 0 spiro atoms. The Hall–Kier alpha value is -1.31. The molecule has 0 fully saturated rings. The van der Waals surface area contributed by atoms with Gasteiger partial charge in [0.2, 0.25) is 5.91 Å². The highest BCUT2D eigenvalue weighted by atomic mass is 16.2. The molecule has 0 radical (unpaired) electrons.